The predicted molar refractivity (Wildman–Crippen MR) is 111 cm³/mol. The standard InChI is InChI=1S/C22H22N4O3/c1-3-26(17-6-4-5-15(2)13-17)21-10-8-18(24-25-21)22(27)23-16-7-9-19-20(14-16)29-12-11-28-19/h4-10,13-14H,3,11-12H2,1-2H3,(H,23,27). The van der Waals surface area contributed by atoms with Gasteiger partial charge in [-0.2, -0.15) is 0 Å². The minimum absolute atomic E-state index is 0.240. The molecule has 0 aliphatic carbocycles. The number of aromatic nitrogens is 2. The molecule has 0 saturated heterocycles. The zero-order chi connectivity index (χ0) is 20.2. The van der Waals surface area contributed by atoms with Crippen LogP contribution in [0.1, 0.15) is 23.0 Å². The van der Waals surface area contributed by atoms with Crippen LogP contribution in [-0.2, 0) is 0 Å². The van der Waals surface area contributed by atoms with Gasteiger partial charge in [0.25, 0.3) is 5.91 Å². The lowest BCUT2D eigenvalue weighted by Crippen LogP contribution is -2.20. The maximum Gasteiger partial charge on any atom is 0.276 e. The Morgan fingerprint density at radius 2 is 1.86 bits per heavy atom. The van der Waals surface area contributed by atoms with Crippen molar-refractivity contribution in [3.63, 3.8) is 0 Å². The van der Waals surface area contributed by atoms with E-state index in [9.17, 15) is 4.79 Å². The summed E-state index contributed by atoms with van der Waals surface area (Å²) in [6, 6.07) is 16.9. The maximum absolute atomic E-state index is 12.5. The molecule has 3 aromatic rings. The van der Waals surface area contributed by atoms with Gasteiger partial charge in [-0.15, -0.1) is 10.2 Å². The van der Waals surface area contributed by atoms with Gasteiger partial charge in [0.05, 0.1) is 0 Å². The lowest BCUT2D eigenvalue weighted by Gasteiger charge is -2.22. The summed E-state index contributed by atoms with van der Waals surface area (Å²) in [6.45, 7) is 5.85. The lowest BCUT2D eigenvalue weighted by molar-refractivity contribution is 0.102. The topological polar surface area (TPSA) is 76.6 Å². The van der Waals surface area contributed by atoms with E-state index in [1.54, 1.807) is 30.3 Å². The molecule has 1 aromatic heterocycles. The van der Waals surface area contributed by atoms with Gasteiger partial charge in [0.2, 0.25) is 0 Å². The third kappa shape index (κ3) is 4.13. The zero-order valence-corrected chi connectivity index (χ0v) is 16.4. The summed E-state index contributed by atoms with van der Waals surface area (Å²) in [7, 11) is 0. The highest BCUT2D eigenvalue weighted by atomic mass is 16.6. The first-order valence-corrected chi connectivity index (χ1v) is 9.53. The predicted octanol–water partition coefficient (Wildman–Crippen LogP) is 3.97. The molecule has 0 spiro atoms. The highest BCUT2D eigenvalue weighted by Crippen LogP contribution is 2.32. The van der Waals surface area contributed by atoms with E-state index in [0.717, 1.165) is 12.2 Å². The van der Waals surface area contributed by atoms with E-state index in [2.05, 4.69) is 21.6 Å². The molecule has 0 radical (unpaired) electrons. The molecule has 0 fully saturated rings. The summed E-state index contributed by atoms with van der Waals surface area (Å²) in [6.07, 6.45) is 0. The molecule has 7 nitrogen and oxygen atoms in total. The van der Waals surface area contributed by atoms with Gasteiger partial charge in [-0.25, -0.2) is 0 Å². The fourth-order valence-electron chi connectivity index (χ4n) is 3.18. The van der Waals surface area contributed by atoms with Gasteiger partial charge in [0, 0.05) is 24.0 Å². The van der Waals surface area contributed by atoms with Crippen molar-refractivity contribution in [1.29, 1.82) is 0 Å². The summed E-state index contributed by atoms with van der Waals surface area (Å²) in [5, 5.41) is 11.2. The molecule has 1 aliphatic heterocycles. The number of anilines is 3. The first-order valence-electron chi connectivity index (χ1n) is 9.53. The van der Waals surface area contributed by atoms with Gasteiger partial charge in [-0.1, -0.05) is 12.1 Å². The van der Waals surface area contributed by atoms with E-state index in [4.69, 9.17) is 9.47 Å². The van der Waals surface area contributed by atoms with Crippen molar-refractivity contribution in [1.82, 2.24) is 10.2 Å². The molecule has 7 heteroatoms. The van der Waals surface area contributed by atoms with Crippen LogP contribution in [0.2, 0.25) is 0 Å². The number of amides is 1. The Morgan fingerprint density at radius 3 is 2.59 bits per heavy atom. The molecule has 2 heterocycles. The highest BCUT2D eigenvalue weighted by molar-refractivity contribution is 6.03. The van der Waals surface area contributed by atoms with Gasteiger partial charge < -0.3 is 19.7 Å². The fourth-order valence-corrected chi connectivity index (χ4v) is 3.18. The van der Waals surface area contributed by atoms with Crippen molar-refractivity contribution in [3.05, 3.63) is 65.9 Å². The second-order valence-electron chi connectivity index (χ2n) is 6.67. The molecule has 0 unspecified atom stereocenters. The Balaban J connectivity index is 1.49. The molecule has 0 saturated carbocycles. The van der Waals surface area contributed by atoms with Crippen LogP contribution in [0.4, 0.5) is 17.2 Å². The largest absolute Gasteiger partial charge is 0.486 e. The molecule has 1 N–H and O–H groups in total. The first-order chi connectivity index (χ1) is 14.1. The van der Waals surface area contributed by atoms with Crippen molar-refractivity contribution in [2.45, 2.75) is 13.8 Å². The van der Waals surface area contributed by atoms with E-state index in [0.29, 0.717) is 36.2 Å². The van der Waals surface area contributed by atoms with E-state index in [-0.39, 0.29) is 11.6 Å². The average Bonchev–Trinajstić information content (AvgIpc) is 2.75. The SMILES string of the molecule is CCN(c1cccc(C)c1)c1ccc(C(=O)Nc2ccc3c(c2)OCCO3)nn1. The van der Waals surface area contributed by atoms with Crippen LogP contribution in [0.3, 0.4) is 0 Å². The van der Waals surface area contributed by atoms with Crippen molar-refractivity contribution in [2.24, 2.45) is 0 Å². The van der Waals surface area contributed by atoms with E-state index in [1.807, 2.05) is 36.9 Å². The third-order valence-corrected chi connectivity index (χ3v) is 4.59. The summed E-state index contributed by atoms with van der Waals surface area (Å²) in [5.41, 5.74) is 3.06. The van der Waals surface area contributed by atoms with Crippen LogP contribution in [-0.4, -0.2) is 35.9 Å². The normalized spacial score (nSPS) is 12.3. The Kier molecular flexibility index (Phi) is 5.29. The van der Waals surface area contributed by atoms with Crippen molar-refractivity contribution < 1.29 is 14.3 Å². The Labute approximate surface area is 169 Å². The number of nitrogens with one attached hydrogen (secondary N) is 1. The number of carbonyl (C=O) groups excluding carboxylic acids is 1. The van der Waals surface area contributed by atoms with Crippen molar-refractivity contribution in [3.8, 4) is 11.5 Å². The van der Waals surface area contributed by atoms with Gasteiger partial charge in [0.1, 0.15) is 13.2 Å². The number of benzene rings is 2. The Hall–Kier alpha value is -3.61. The first kappa shape index (κ1) is 18.7. The minimum atomic E-state index is -0.334. The van der Waals surface area contributed by atoms with Gasteiger partial charge in [0.15, 0.2) is 23.0 Å². The zero-order valence-electron chi connectivity index (χ0n) is 16.4. The summed E-state index contributed by atoms with van der Waals surface area (Å²) in [4.78, 5) is 14.6. The lowest BCUT2D eigenvalue weighted by atomic mass is 10.2. The van der Waals surface area contributed by atoms with E-state index in [1.165, 1.54) is 5.56 Å². The number of nitrogens with zero attached hydrogens (tertiary/aromatic N) is 3. The monoisotopic (exact) mass is 390 g/mol. The van der Waals surface area contributed by atoms with Gasteiger partial charge in [-0.05, 0) is 55.8 Å². The number of hydrogen-bond acceptors (Lipinski definition) is 6. The molecule has 1 aliphatic rings. The fraction of sp³-hybridized carbons (Fsp3) is 0.227. The molecule has 1 amide bonds. The minimum Gasteiger partial charge on any atom is -0.486 e. The second-order valence-corrected chi connectivity index (χ2v) is 6.67. The number of aryl methyl sites for hydroxylation is 1. The number of rotatable bonds is 5. The number of fused-ring (bicyclic) bond motifs is 1. The van der Waals surface area contributed by atoms with Crippen molar-refractivity contribution in [2.75, 3.05) is 30.0 Å². The molecular formula is C22H22N4O3. The molecule has 4 rings (SSSR count). The quantitative estimate of drug-likeness (QED) is 0.710. The second kappa shape index (κ2) is 8.18. The number of ether oxygens (including phenoxy) is 2. The molecular weight excluding hydrogens is 368 g/mol. The van der Waals surface area contributed by atoms with Crippen LogP contribution in [0, 0.1) is 6.92 Å². The summed E-state index contributed by atoms with van der Waals surface area (Å²) in [5.74, 6) is 1.65. The molecule has 148 valence electrons. The number of hydrogen-bond donors (Lipinski definition) is 1. The molecule has 0 atom stereocenters. The Morgan fingerprint density at radius 1 is 1.03 bits per heavy atom. The van der Waals surface area contributed by atoms with Gasteiger partial charge >= 0.3 is 0 Å². The van der Waals surface area contributed by atoms with Crippen molar-refractivity contribution >= 4 is 23.1 Å². The maximum atomic E-state index is 12.5. The average molecular weight is 390 g/mol. The van der Waals surface area contributed by atoms with E-state index < -0.39 is 0 Å². The number of carbonyl (C=O) groups is 1. The van der Waals surface area contributed by atoms with Crippen LogP contribution >= 0.6 is 0 Å². The third-order valence-electron chi connectivity index (χ3n) is 4.59. The van der Waals surface area contributed by atoms with Crippen LogP contribution in [0.5, 0.6) is 11.5 Å². The summed E-state index contributed by atoms with van der Waals surface area (Å²) >= 11 is 0. The molecule has 2 aromatic carbocycles. The van der Waals surface area contributed by atoms with E-state index >= 15 is 0 Å². The molecule has 29 heavy (non-hydrogen) atoms. The Bertz CT molecular complexity index is 1020. The van der Waals surface area contributed by atoms with Crippen LogP contribution in [0.15, 0.2) is 54.6 Å². The van der Waals surface area contributed by atoms with Gasteiger partial charge in [-0.3, -0.25) is 4.79 Å². The highest BCUT2D eigenvalue weighted by Gasteiger charge is 2.15. The summed E-state index contributed by atoms with van der Waals surface area (Å²) < 4.78 is 11.0. The smallest absolute Gasteiger partial charge is 0.276 e. The molecule has 0 bridgehead atoms. The van der Waals surface area contributed by atoms with Crippen LogP contribution in [0.25, 0.3) is 0 Å². The van der Waals surface area contributed by atoms with Crippen LogP contribution < -0.4 is 19.7 Å².